The molecular formula is C34H56O6. The Hall–Kier alpha value is -2.37. The zero-order valence-corrected chi connectivity index (χ0v) is 26.0. The predicted molar refractivity (Wildman–Crippen MR) is 162 cm³/mol. The van der Waals surface area contributed by atoms with Gasteiger partial charge in [-0.3, -0.25) is 14.4 Å². The van der Waals surface area contributed by atoms with Crippen LogP contribution in [0.25, 0.3) is 0 Å². The minimum absolute atomic E-state index is 0.228. The number of benzene rings is 1. The molecule has 0 bridgehead atoms. The van der Waals surface area contributed by atoms with E-state index in [9.17, 15) is 14.4 Å². The number of esters is 3. The fourth-order valence-corrected chi connectivity index (χ4v) is 4.59. The molecule has 6 nitrogen and oxygen atoms in total. The van der Waals surface area contributed by atoms with E-state index < -0.39 is 0 Å². The predicted octanol–water partition coefficient (Wildman–Crippen LogP) is 9.96. The van der Waals surface area contributed by atoms with Crippen LogP contribution in [0.4, 0.5) is 0 Å². The Kier molecular flexibility index (Phi) is 20.8. The highest BCUT2D eigenvalue weighted by molar-refractivity contribution is 5.77. The van der Waals surface area contributed by atoms with E-state index in [2.05, 4.69) is 20.8 Å². The lowest BCUT2D eigenvalue weighted by atomic mass is 10.1. The highest BCUT2D eigenvalue weighted by atomic mass is 16.6. The standard InChI is InChI=1S/C34H56O6/c1-5-8-11-14-17-20-23-32(35)38-29-26-30(39-33(36)24-21-18-15-12-9-6-2)28(4)31(27-29)40-34(37)25-22-19-16-13-10-7-3/h26-27H,5-25H2,1-4H3. The molecule has 0 heterocycles. The molecule has 0 amide bonds. The quantitative estimate of drug-likeness (QED) is 0.0711. The van der Waals surface area contributed by atoms with Crippen LogP contribution in [0.5, 0.6) is 17.2 Å². The summed E-state index contributed by atoms with van der Waals surface area (Å²) < 4.78 is 16.9. The molecular weight excluding hydrogens is 504 g/mol. The number of hydrogen-bond acceptors (Lipinski definition) is 6. The lowest BCUT2D eigenvalue weighted by Gasteiger charge is -2.15. The van der Waals surface area contributed by atoms with Gasteiger partial charge in [0.05, 0.1) is 0 Å². The van der Waals surface area contributed by atoms with Crippen LogP contribution in [0.3, 0.4) is 0 Å². The van der Waals surface area contributed by atoms with E-state index >= 15 is 0 Å². The minimum Gasteiger partial charge on any atom is -0.426 e. The highest BCUT2D eigenvalue weighted by Crippen LogP contribution is 2.34. The van der Waals surface area contributed by atoms with Crippen molar-refractivity contribution in [3.05, 3.63) is 17.7 Å². The summed E-state index contributed by atoms with van der Waals surface area (Å²) in [7, 11) is 0. The SMILES string of the molecule is CCCCCCCCC(=O)Oc1cc(OC(=O)CCCCCCCC)c(C)c(OC(=O)CCCCCCCC)c1. The maximum atomic E-state index is 12.6. The number of hydrogen-bond donors (Lipinski definition) is 0. The van der Waals surface area contributed by atoms with Crippen molar-refractivity contribution in [2.45, 2.75) is 163 Å². The minimum atomic E-state index is -0.340. The molecule has 1 rings (SSSR count). The molecule has 0 spiro atoms. The normalized spacial score (nSPS) is 10.9. The third-order valence-corrected chi connectivity index (χ3v) is 7.17. The van der Waals surface area contributed by atoms with Gasteiger partial charge in [-0.15, -0.1) is 0 Å². The largest absolute Gasteiger partial charge is 0.426 e. The average Bonchev–Trinajstić information content (AvgIpc) is 2.92. The van der Waals surface area contributed by atoms with Gasteiger partial charge in [0.1, 0.15) is 17.2 Å². The first-order valence-corrected chi connectivity index (χ1v) is 16.2. The van der Waals surface area contributed by atoms with Gasteiger partial charge >= 0.3 is 17.9 Å². The molecule has 0 aliphatic carbocycles. The maximum Gasteiger partial charge on any atom is 0.311 e. The molecule has 0 saturated heterocycles. The highest BCUT2D eigenvalue weighted by Gasteiger charge is 2.18. The van der Waals surface area contributed by atoms with Gasteiger partial charge in [-0.2, -0.15) is 0 Å². The first-order chi connectivity index (χ1) is 19.4. The van der Waals surface area contributed by atoms with E-state index in [-0.39, 0.29) is 35.2 Å². The van der Waals surface area contributed by atoms with Crippen LogP contribution in [0, 0.1) is 6.92 Å². The van der Waals surface area contributed by atoms with Crippen molar-refractivity contribution < 1.29 is 28.6 Å². The van der Waals surface area contributed by atoms with Crippen LogP contribution < -0.4 is 14.2 Å². The Morgan fingerprint density at radius 2 is 0.775 bits per heavy atom. The van der Waals surface area contributed by atoms with Gasteiger partial charge in [0.15, 0.2) is 0 Å². The molecule has 0 radical (unpaired) electrons. The van der Waals surface area contributed by atoms with Crippen LogP contribution in [0.1, 0.15) is 161 Å². The summed E-state index contributed by atoms with van der Waals surface area (Å²) in [6, 6.07) is 3.11. The van der Waals surface area contributed by atoms with Crippen molar-refractivity contribution in [3.8, 4) is 17.2 Å². The van der Waals surface area contributed by atoms with Gasteiger partial charge in [0.2, 0.25) is 0 Å². The monoisotopic (exact) mass is 560 g/mol. The smallest absolute Gasteiger partial charge is 0.311 e. The van der Waals surface area contributed by atoms with Crippen LogP contribution in [0.2, 0.25) is 0 Å². The zero-order valence-electron chi connectivity index (χ0n) is 26.0. The topological polar surface area (TPSA) is 78.9 Å². The van der Waals surface area contributed by atoms with Gasteiger partial charge in [0.25, 0.3) is 0 Å². The van der Waals surface area contributed by atoms with E-state index in [1.807, 2.05) is 0 Å². The molecule has 228 valence electrons. The summed E-state index contributed by atoms with van der Waals surface area (Å²) in [6.07, 6.45) is 20.4. The third kappa shape index (κ3) is 17.3. The third-order valence-electron chi connectivity index (χ3n) is 7.17. The fraction of sp³-hybridized carbons (Fsp3) is 0.735. The summed E-state index contributed by atoms with van der Waals surface area (Å²) in [5.41, 5.74) is 0.545. The zero-order chi connectivity index (χ0) is 29.4. The number of rotatable bonds is 24. The Labute approximate surface area is 243 Å². The number of carbonyl (C=O) groups is 3. The van der Waals surface area contributed by atoms with Gasteiger partial charge in [-0.05, 0) is 26.2 Å². The molecule has 0 fully saturated rings. The Morgan fingerprint density at radius 1 is 0.475 bits per heavy atom. The van der Waals surface area contributed by atoms with Gasteiger partial charge < -0.3 is 14.2 Å². The van der Waals surface area contributed by atoms with E-state index in [4.69, 9.17) is 14.2 Å². The summed E-state index contributed by atoms with van der Waals surface area (Å²) in [5, 5.41) is 0. The molecule has 0 aromatic heterocycles. The number of carbonyl (C=O) groups excluding carboxylic acids is 3. The molecule has 0 saturated carbocycles. The van der Waals surface area contributed by atoms with Gasteiger partial charge in [-0.25, -0.2) is 0 Å². The van der Waals surface area contributed by atoms with E-state index in [0.717, 1.165) is 57.8 Å². The second-order valence-corrected chi connectivity index (χ2v) is 11.0. The van der Waals surface area contributed by atoms with Crippen LogP contribution in [-0.2, 0) is 14.4 Å². The van der Waals surface area contributed by atoms with Crippen molar-refractivity contribution in [1.82, 2.24) is 0 Å². The molecule has 0 unspecified atom stereocenters. The maximum absolute atomic E-state index is 12.6. The van der Waals surface area contributed by atoms with E-state index in [0.29, 0.717) is 24.8 Å². The summed E-state index contributed by atoms with van der Waals surface area (Å²) >= 11 is 0. The summed E-state index contributed by atoms with van der Waals surface area (Å²) in [6.45, 7) is 8.29. The molecule has 0 N–H and O–H groups in total. The van der Waals surface area contributed by atoms with Crippen molar-refractivity contribution in [1.29, 1.82) is 0 Å². The molecule has 6 heteroatoms. The Balaban J connectivity index is 2.79. The van der Waals surface area contributed by atoms with Crippen LogP contribution in [0.15, 0.2) is 12.1 Å². The van der Waals surface area contributed by atoms with Gasteiger partial charge in [0, 0.05) is 37.0 Å². The first kappa shape index (κ1) is 35.7. The second-order valence-electron chi connectivity index (χ2n) is 11.0. The first-order valence-electron chi connectivity index (χ1n) is 16.2. The van der Waals surface area contributed by atoms with E-state index in [1.54, 1.807) is 19.1 Å². The lowest BCUT2D eigenvalue weighted by molar-refractivity contribution is -0.135. The molecule has 40 heavy (non-hydrogen) atoms. The lowest BCUT2D eigenvalue weighted by Crippen LogP contribution is -2.13. The second kappa shape index (κ2) is 23.3. The Morgan fingerprint density at radius 3 is 1.12 bits per heavy atom. The molecule has 0 aliphatic rings. The fourth-order valence-electron chi connectivity index (χ4n) is 4.59. The van der Waals surface area contributed by atoms with E-state index in [1.165, 1.54) is 57.8 Å². The van der Waals surface area contributed by atoms with Gasteiger partial charge in [-0.1, -0.05) is 117 Å². The molecule has 1 aromatic rings. The van der Waals surface area contributed by atoms with Crippen molar-refractivity contribution in [2.75, 3.05) is 0 Å². The Bertz CT molecular complexity index is 796. The molecule has 1 aromatic carbocycles. The number of unbranched alkanes of at least 4 members (excludes halogenated alkanes) is 15. The average molecular weight is 561 g/mol. The van der Waals surface area contributed by atoms with Crippen molar-refractivity contribution in [3.63, 3.8) is 0 Å². The summed E-state index contributed by atoms with van der Waals surface area (Å²) in [4.78, 5) is 37.7. The van der Waals surface area contributed by atoms with Crippen LogP contribution in [-0.4, -0.2) is 17.9 Å². The van der Waals surface area contributed by atoms with Crippen molar-refractivity contribution in [2.24, 2.45) is 0 Å². The molecule has 0 atom stereocenters. The van der Waals surface area contributed by atoms with Crippen molar-refractivity contribution >= 4 is 17.9 Å². The number of ether oxygens (including phenoxy) is 3. The van der Waals surface area contributed by atoms with Crippen LogP contribution >= 0.6 is 0 Å². The molecule has 0 aliphatic heterocycles. The summed E-state index contributed by atoms with van der Waals surface area (Å²) in [5.74, 6) is -0.247.